The summed E-state index contributed by atoms with van der Waals surface area (Å²) < 4.78 is 77.2. The van der Waals surface area contributed by atoms with Crippen molar-refractivity contribution in [1.82, 2.24) is 0 Å². The number of rotatable bonds is 12. The second kappa shape index (κ2) is 23.6. The minimum atomic E-state index is -4.66. The van der Waals surface area contributed by atoms with Gasteiger partial charge in [-0.05, 0) is 108 Å². The molecule has 0 atom stereocenters. The van der Waals surface area contributed by atoms with Crippen LogP contribution in [0.4, 0.5) is 34.1 Å². The maximum absolute atomic E-state index is 13.4. The van der Waals surface area contributed by atoms with Crippen molar-refractivity contribution in [3.63, 3.8) is 0 Å². The molecule has 0 saturated heterocycles. The molecule has 0 aliphatic heterocycles. The zero-order chi connectivity index (χ0) is 52.1. The van der Waals surface area contributed by atoms with E-state index in [1.165, 1.54) is 52.3 Å². The van der Waals surface area contributed by atoms with Crippen LogP contribution in [-0.2, 0) is 20.2 Å². The fraction of sp³-hybridized carbons (Fsp3) is 0.0800. The Bertz CT molecular complexity index is 3790. The van der Waals surface area contributed by atoms with E-state index in [9.17, 15) is 46.1 Å². The van der Waals surface area contributed by atoms with E-state index in [2.05, 4.69) is 30.8 Å². The molecule has 0 heterocycles. The summed E-state index contributed by atoms with van der Waals surface area (Å²) >= 11 is 12.2. The van der Waals surface area contributed by atoms with Gasteiger partial charge in [0.15, 0.2) is 5.75 Å². The first-order chi connectivity index (χ1) is 34.2. The number of hydrogen-bond acceptors (Lipinski definition) is 15. The normalized spacial score (nSPS) is 11.9. The molecule has 23 heteroatoms. The minimum Gasteiger partial charge on any atom is -0.871 e. The molecule has 0 radical (unpaired) electrons. The third kappa shape index (κ3) is 12.5. The maximum atomic E-state index is 13.4. The second-order valence-corrected chi connectivity index (χ2v) is 18.9. The van der Waals surface area contributed by atoms with E-state index in [1.807, 2.05) is 0 Å². The summed E-state index contributed by atoms with van der Waals surface area (Å²) in [6, 6.07) is 34.6. The number of aliphatic imine (C=N–C) groups is 1. The van der Waals surface area contributed by atoms with Gasteiger partial charge >= 0.3 is 48.9 Å². The summed E-state index contributed by atoms with van der Waals surface area (Å²) in [6.45, 7) is 3.01. The molecule has 8 aromatic carbocycles. The molecule has 1 amide bonds. The number of anilines is 1. The van der Waals surface area contributed by atoms with Crippen molar-refractivity contribution in [3.8, 4) is 23.0 Å². The van der Waals surface area contributed by atoms with Gasteiger partial charge in [0.25, 0.3) is 26.1 Å². The summed E-state index contributed by atoms with van der Waals surface area (Å²) in [5, 5.41) is 58.6. The van der Waals surface area contributed by atoms with Gasteiger partial charge in [-0.2, -0.15) is 21.9 Å². The number of fused-ring (bicyclic) bond motifs is 2. The summed E-state index contributed by atoms with van der Waals surface area (Å²) in [7, 11) is -6.40. The van der Waals surface area contributed by atoms with Gasteiger partial charge in [-0.3, -0.25) is 18.9 Å². The number of phenolic OH excluding ortho intramolecular Hbond substituents is 1. The molecule has 0 fully saturated rings. The van der Waals surface area contributed by atoms with Gasteiger partial charge in [-0.1, -0.05) is 102 Å². The van der Waals surface area contributed by atoms with Gasteiger partial charge < -0.3 is 30.1 Å². The Morgan fingerprint density at radius 3 is 1.58 bits per heavy atom. The molecule has 8 rings (SSSR count). The van der Waals surface area contributed by atoms with E-state index in [0.717, 1.165) is 12.1 Å². The van der Waals surface area contributed by atoms with Gasteiger partial charge in [0.1, 0.15) is 44.0 Å². The number of nitrogens with zero attached hydrogens (tertiary/aromatic N) is 5. The average Bonchev–Trinajstić information content (AvgIpc) is 3.35. The number of amides is 1. The minimum absolute atomic E-state index is 0. The van der Waals surface area contributed by atoms with Gasteiger partial charge in [0.2, 0.25) is 0 Å². The molecule has 0 unspecified atom stereocenters. The van der Waals surface area contributed by atoms with Crippen LogP contribution in [0, 0.1) is 13.8 Å². The molecule has 4 N–H and O–H groups in total. The van der Waals surface area contributed by atoms with Gasteiger partial charge in [0.05, 0.1) is 31.2 Å². The third-order valence-corrected chi connectivity index (χ3v) is 13.4. The number of benzene rings is 8. The van der Waals surface area contributed by atoms with Crippen molar-refractivity contribution in [2.24, 2.45) is 25.4 Å². The average molecular weight is 1190 g/mol. The van der Waals surface area contributed by atoms with Crippen molar-refractivity contribution in [3.05, 3.63) is 166 Å². The number of carbonyl (C=O) groups is 1. The Hall–Kier alpha value is -6.41. The Kier molecular flexibility index (Phi) is 18.1. The van der Waals surface area contributed by atoms with Crippen LogP contribution in [0.25, 0.3) is 21.5 Å². The molecule has 0 aromatic heterocycles. The number of para-hydroxylation sites is 4. The quantitative estimate of drug-likeness (QED) is 0.0292. The number of hydrogen-bond donors (Lipinski definition) is 4. The van der Waals surface area contributed by atoms with Gasteiger partial charge in [-0.15, -0.1) is 15.3 Å². The van der Waals surface area contributed by atoms with Crippen LogP contribution in [0.3, 0.4) is 0 Å². The summed E-state index contributed by atoms with van der Waals surface area (Å²) in [4.78, 5) is 16.1. The molecule has 0 spiro atoms. The van der Waals surface area contributed by atoms with E-state index in [-0.39, 0.29) is 110 Å². The first-order valence-electron chi connectivity index (χ1n) is 20.9. The topological polar surface area (TPSA) is 284 Å². The second-order valence-electron chi connectivity index (χ2n) is 15.3. The van der Waals surface area contributed by atoms with Crippen LogP contribution in [-0.4, -0.2) is 106 Å². The van der Waals surface area contributed by atoms with E-state index >= 15 is 0 Å². The van der Waals surface area contributed by atoms with Crippen molar-refractivity contribution < 1.29 is 55.5 Å². The molecule has 0 aliphatic rings. The SMILES string of the molecule is COc1ccccc1N=C([O-])c1cc2ccccc2c(N=Nc2c(S(=O)(=O)O)ccc(Cl)c2C)c1[O-].COc1ccccc1NC(=O)c1cc2ccccc2c(N=Nc2c(S(=O)(=O)O)ccc(Cl)c2C)c1O.[Ba+2]. The van der Waals surface area contributed by atoms with Crippen LogP contribution >= 0.6 is 23.2 Å². The van der Waals surface area contributed by atoms with E-state index < -0.39 is 53.3 Å². The third-order valence-electron chi connectivity index (χ3n) is 10.8. The van der Waals surface area contributed by atoms with Crippen molar-refractivity contribution >= 4 is 160 Å². The van der Waals surface area contributed by atoms with E-state index in [4.69, 9.17) is 32.7 Å². The number of phenols is 1. The zero-order valence-corrected chi connectivity index (χ0v) is 46.3. The Morgan fingerprint density at radius 1 is 0.603 bits per heavy atom. The van der Waals surface area contributed by atoms with Crippen molar-refractivity contribution in [1.29, 1.82) is 0 Å². The number of ether oxygens (including phenoxy) is 2. The number of halogens is 2. The zero-order valence-electron chi connectivity index (χ0n) is 38.7. The fourth-order valence-corrected chi connectivity index (χ4v) is 8.82. The largest absolute Gasteiger partial charge is 2.00 e. The molecule has 0 bridgehead atoms. The fourth-order valence-electron chi connectivity index (χ4n) is 7.15. The molecule has 8 aromatic rings. The summed E-state index contributed by atoms with van der Waals surface area (Å²) in [5.41, 5.74) is 0.0709. The summed E-state index contributed by atoms with van der Waals surface area (Å²) in [6.07, 6.45) is 0. The van der Waals surface area contributed by atoms with E-state index in [1.54, 1.807) is 97.1 Å². The molecule has 0 saturated carbocycles. The first-order valence-corrected chi connectivity index (χ1v) is 24.5. The Balaban J connectivity index is 0.000000235. The number of nitrogens with one attached hydrogen (secondary N) is 1. The van der Waals surface area contributed by atoms with Crippen LogP contribution in [0.5, 0.6) is 23.0 Å². The molecular weight excluding hydrogens is 1150 g/mol. The van der Waals surface area contributed by atoms with Crippen LogP contribution in [0.1, 0.15) is 27.0 Å². The Morgan fingerprint density at radius 2 is 1.04 bits per heavy atom. The number of aromatic hydroxyl groups is 1. The van der Waals surface area contributed by atoms with E-state index in [0.29, 0.717) is 38.7 Å². The molecule has 368 valence electrons. The van der Waals surface area contributed by atoms with Gasteiger partial charge in [0, 0.05) is 20.8 Å². The predicted molar refractivity (Wildman–Crippen MR) is 275 cm³/mol. The van der Waals surface area contributed by atoms with Crippen LogP contribution in [0.15, 0.2) is 169 Å². The Labute approximate surface area is 468 Å². The van der Waals surface area contributed by atoms with Crippen molar-refractivity contribution in [2.75, 3.05) is 19.5 Å². The molecule has 18 nitrogen and oxygen atoms in total. The number of azo groups is 2. The molecule has 73 heavy (non-hydrogen) atoms. The molecular formula is C50H38BaCl2N6O12S2. The first kappa shape index (κ1) is 55.9. The maximum Gasteiger partial charge on any atom is 2.00 e. The number of methoxy groups -OCH3 is 2. The van der Waals surface area contributed by atoms with Crippen molar-refractivity contribution in [2.45, 2.75) is 23.6 Å². The predicted octanol–water partition coefficient (Wildman–Crippen LogP) is 11.0. The monoisotopic (exact) mass is 1190 g/mol. The smallest absolute Gasteiger partial charge is 0.871 e. The summed E-state index contributed by atoms with van der Waals surface area (Å²) in [5.74, 6) is -1.89. The molecule has 0 aliphatic carbocycles. The number of carbonyl (C=O) groups excluding carboxylic acids is 1. The standard InChI is InChI=1S/2C25H20ClN3O6S.Ba/c2*1-14-18(26)11-12-21(36(32,33)34)22(14)28-29-23-16-8-4-3-7-15(16)13-17(24(23)30)25(31)27-19-9-5-6-10-20(19)35-2;/h2*3-13,30H,1-2H3,(H,27,31)(H,32,33,34);/q;;+2/p-2. The van der Waals surface area contributed by atoms with Crippen LogP contribution < -0.4 is 25.0 Å². The van der Waals surface area contributed by atoms with Crippen LogP contribution in [0.2, 0.25) is 10.0 Å². The van der Waals surface area contributed by atoms with Gasteiger partial charge in [-0.25, -0.2) is 0 Å².